The molecule has 0 aliphatic carbocycles. The predicted octanol–water partition coefficient (Wildman–Crippen LogP) is 2.28. The molecule has 1 fully saturated rings. The topological polar surface area (TPSA) is 46.3 Å². The molecule has 0 aromatic carbocycles. The minimum absolute atomic E-state index is 0.0589. The third kappa shape index (κ3) is 2.24. The maximum Gasteiger partial charge on any atom is 0.224 e. The Bertz CT molecular complexity index is 433. The van der Waals surface area contributed by atoms with E-state index in [1.54, 1.807) is 16.2 Å². The number of rotatable bonds is 1. The van der Waals surface area contributed by atoms with Crippen LogP contribution >= 0.6 is 11.3 Å². The van der Waals surface area contributed by atoms with Crippen molar-refractivity contribution in [1.29, 1.82) is 0 Å². The molecule has 17 heavy (non-hydrogen) atoms. The van der Waals surface area contributed by atoms with Gasteiger partial charge in [0.25, 0.3) is 0 Å². The number of carbonyl (C=O) groups is 1. The van der Waals surface area contributed by atoms with Crippen LogP contribution in [0.1, 0.15) is 43.0 Å². The molecular weight excluding hydrogens is 232 g/mol. The van der Waals surface area contributed by atoms with Crippen molar-refractivity contribution in [3.63, 3.8) is 0 Å². The summed E-state index contributed by atoms with van der Waals surface area (Å²) in [7, 11) is 1.84. The number of nitrogens with zero attached hydrogens (tertiary/aromatic N) is 1. The van der Waals surface area contributed by atoms with Gasteiger partial charge in [-0.15, -0.1) is 11.3 Å². The minimum Gasteiger partial charge on any atom is -0.336 e. The van der Waals surface area contributed by atoms with Crippen LogP contribution in [0.25, 0.3) is 0 Å². The Hall–Kier alpha value is -0.870. The maximum absolute atomic E-state index is 11.6. The quantitative estimate of drug-likeness (QED) is 0.833. The second-order valence-electron chi connectivity index (χ2n) is 5.77. The van der Waals surface area contributed by atoms with Crippen LogP contribution in [0, 0.1) is 0 Å². The molecule has 1 aromatic rings. The van der Waals surface area contributed by atoms with E-state index in [1.807, 2.05) is 7.05 Å². The first-order valence-electron chi connectivity index (χ1n) is 5.92. The zero-order valence-corrected chi connectivity index (χ0v) is 11.7. The first kappa shape index (κ1) is 12.6. The highest BCUT2D eigenvalue weighted by atomic mass is 32.1. The van der Waals surface area contributed by atoms with Crippen LogP contribution in [0.2, 0.25) is 0 Å². The van der Waals surface area contributed by atoms with Crippen molar-refractivity contribution in [3.8, 4) is 0 Å². The average Bonchev–Trinajstić information content (AvgIpc) is 2.73. The van der Waals surface area contributed by atoms with Gasteiger partial charge in [-0.3, -0.25) is 4.79 Å². The van der Waals surface area contributed by atoms with Crippen LogP contribution in [0.5, 0.6) is 0 Å². The van der Waals surface area contributed by atoms with Crippen molar-refractivity contribution in [3.05, 3.63) is 21.9 Å². The number of likely N-dealkylation sites (tertiary alicyclic amines) is 1. The van der Waals surface area contributed by atoms with E-state index in [0.717, 1.165) is 0 Å². The molecule has 1 aliphatic rings. The molecule has 1 saturated heterocycles. The fraction of sp³-hybridized carbons (Fsp3) is 0.615. The van der Waals surface area contributed by atoms with Crippen molar-refractivity contribution in [1.82, 2.24) is 4.90 Å². The number of thiophene rings is 1. The minimum atomic E-state index is -0.0704. The summed E-state index contributed by atoms with van der Waals surface area (Å²) in [5.41, 5.74) is 6.22. The summed E-state index contributed by atoms with van der Waals surface area (Å²) >= 11 is 1.77. The second kappa shape index (κ2) is 4.10. The first-order chi connectivity index (χ1) is 7.80. The van der Waals surface area contributed by atoms with Crippen LogP contribution in [-0.4, -0.2) is 23.9 Å². The summed E-state index contributed by atoms with van der Waals surface area (Å²) in [5.74, 6) is 0.146. The zero-order chi connectivity index (χ0) is 12.8. The van der Waals surface area contributed by atoms with Gasteiger partial charge in [0.15, 0.2) is 0 Å². The van der Waals surface area contributed by atoms with Crippen molar-refractivity contribution < 1.29 is 4.79 Å². The molecule has 1 aromatic heterocycles. The van der Waals surface area contributed by atoms with Gasteiger partial charge < -0.3 is 10.6 Å². The highest BCUT2D eigenvalue weighted by Gasteiger charge is 2.37. The van der Waals surface area contributed by atoms with Gasteiger partial charge in [-0.2, -0.15) is 0 Å². The van der Waals surface area contributed by atoms with Gasteiger partial charge in [0, 0.05) is 29.3 Å². The zero-order valence-electron chi connectivity index (χ0n) is 10.9. The predicted molar refractivity (Wildman–Crippen MR) is 71.1 cm³/mol. The second-order valence-corrected chi connectivity index (χ2v) is 6.88. The van der Waals surface area contributed by atoms with Gasteiger partial charge in [-0.05, 0) is 17.5 Å². The Morgan fingerprint density at radius 1 is 1.41 bits per heavy atom. The average molecular weight is 252 g/mol. The molecule has 0 radical (unpaired) electrons. The van der Waals surface area contributed by atoms with Crippen molar-refractivity contribution in [2.45, 2.75) is 44.7 Å². The molecule has 3 nitrogen and oxygen atoms in total. The van der Waals surface area contributed by atoms with Gasteiger partial charge in [-0.25, -0.2) is 0 Å². The van der Waals surface area contributed by atoms with Gasteiger partial charge in [-0.1, -0.05) is 20.8 Å². The Morgan fingerprint density at radius 3 is 2.47 bits per heavy atom. The van der Waals surface area contributed by atoms with Crippen LogP contribution in [0.3, 0.4) is 0 Å². The van der Waals surface area contributed by atoms with Gasteiger partial charge in [0.05, 0.1) is 6.04 Å². The van der Waals surface area contributed by atoms with Gasteiger partial charge in [0.1, 0.15) is 0 Å². The number of hydrogen-bond donors (Lipinski definition) is 1. The molecule has 94 valence electrons. The van der Waals surface area contributed by atoms with Crippen LogP contribution in [0.15, 0.2) is 12.1 Å². The van der Waals surface area contributed by atoms with Crippen molar-refractivity contribution in [2.75, 3.05) is 7.05 Å². The van der Waals surface area contributed by atoms with Gasteiger partial charge >= 0.3 is 0 Å². The molecule has 0 bridgehead atoms. The van der Waals surface area contributed by atoms with Crippen molar-refractivity contribution in [2.24, 2.45) is 5.73 Å². The number of hydrogen-bond acceptors (Lipinski definition) is 3. The number of amides is 1. The van der Waals surface area contributed by atoms with E-state index in [1.165, 1.54) is 9.75 Å². The lowest BCUT2D eigenvalue weighted by atomic mass is 9.95. The largest absolute Gasteiger partial charge is 0.336 e. The Morgan fingerprint density at radius 2 is 2.06 bits per heavy atom. The molecule has 1 aliphatic heterocycles. The lowest BCUT2D eigenvalue weighted by Crippen LogP contribution is -2.29. The van der Waals surface area contributed by atoms with Gasteiger partial charge in [0.2, 0.25) is 5.91 Å². The summed E-state index contributed by atoms with van der Waals surface area (Å²) in [6.07, 6.45) is 0.462. The Kier molecular flexibility index (Phi) is 3.04. The molecule has 0 spiro atoms. The van der Waals surface area contributed by atoms with E-state index in [9.17, 15) is 4.79 Å². The lowest BCUT2D eigenvalue weighted by molar-refractivity contribution is -0.127. The van der Waals surface area contributed by atoms with E-state index in [4.69, 9.17) is 5.73 Å². The van der Waals surface area contributed by atoms with E-state index < -0.39 is 0 Å². The van der Waals surface area contributed by atoms with Crippen LogP contribution in [-0.2, 0) is 10.2 Å². The SMILES string of the molecule is CN1C(=O)CC(N)C1c1ccc(C(C)(C)C)s1. The number of carbonyl (C=O) groups excluding carboxylic acids is 1. The summed E-state index contributed by atoms with van der Waals surface area (Å²) in [6, 6.07) is 4.26. The first-order valence-corrected chi connectivity index (χ1v) is 6.74. The molecule has 4 heteroatoms. The highest BCUT2D eigenvalue weighted by molar-refractivity contribution is 7.12. The lowest BCUT2D eigenvalue weighted by Gasteiger charge is -2.22. The normalized spacial score (nSPS) is 25.7. The van der Waals surface area contributed by atoms with Crippen LogP contribution in [0.4, 0.5) is 0 Å². The summed E-state index contributed by atoms with van der Waals surface area (Å²) in [6.45, 7) is 6.60. The smallest absolute Gasteiger partial charge is 0.224 e. The molecule has 2 atom stereocenters. The van der Waals surface area contributed by atoms with Crippen molar-refractivity contribution >= 4 is 17.2 Å². The monoisotopic (exact) mass is 252 g/mol. The standard InChI is InChI=1S/C13H20N2OS/c1-13(2,3)10-6-5-9(17-10)12-8(14)7-11(16)15(12)4/h5-6,8,12H,7,14H2,1-4H3. The summed E-state index contributed by atoms with van der Waals surface area (Å²) in [5, 5.41) is 0. The molecular formula is C13H20N2OS. The molecule has 1 amide bonds. The summed E-state index contributed by atoms with van der Waals surface area (Å²) in [4.78, 5) is 15.9. The Labute approximate surface area is 107 Å². The molecule has 2 heterocycles. The molecule has 2 rings (SSSR count). The third-order valence-corrected chi connectivity index (χ3v) is 4.87. The van der Waals surface area contributed by atoms with E-state index in [0.29, 0.717) is 6.42 Å². The maximum atomic E-state index is 11.6. The van der Waals surface area contributed by atoms with E-state index in [2.05, 4.69) is 32.9 Å². The number of likely N-dealkylation sites (N-methyl/N-ethyl adjacent to an activating group) is 1. The van der Waals surface area contributed by atoms with E-state index in [-0.39, 0.29) is 23.4 Å². The fourth-order valence-electron chi connectivity index (χ4n) is 2.22. The highest BCUT2D eigenvalue weighted by Crippen LogP contribution is 2.38. The fourth-order valence-corrected chi connectivity index (χ4v) is 3.50. The summed E-state index contributed by atoms with van der Waals surface area (Å²) < 4.78 is 0. The number of nitrogens with two attached hydrogens (primary N) is 1. The third-order valence-electron chi connectivity index (χ3n) is 3.28. The Balaban J connectivity index is 2.29. The molecule has 2 N–H and O–H groups in total. The molecule has 2 unspecified atom stereocenters. The van der Waals surface area contributed by atoms with E-state index >= 15 is 0 Å². The van der Waals surface area contributed by atoms with Crippen LogP contribution < -0.4 is 5.73 Å². The molecule has 0 saturated carbocycles.